The van der Waals surface area contributed by atoms with Crippen molar-refractivity contribution in [1.29, 1.82) is 0 Å². The molecule has 2 aromatic carbocycles. The van der Waals surface area contributed by atoms with Gasteiger partial charge in [-0.25, -0.2) is 0 Å². The van der Waals surface area contributed by atoms with E-state index in [1.165, 1.54) is 0 Å². The number of hydrogen-bond donors (Lipinski definition) is 0. The molecule has 3 nitrogen and oxygen atoms in total. The van der Waals surface area contributed by atoms with Gasteiger partial charge in [-0.15, -0.1) is 0 Å². The summed E-state index contributed by atoms with van der Waals surface area (Å²) in [5, 5.41) is 0.738. The number of para-hydroxylation sites is 1. The lowest BCUT2D eigenvalue weighted by Crippen LogP contribution is -2.10. The molecule has 0 aliphatic carbocycles. The minimum absolute atomic E-state index is 0.0541. The minimum atomic E-state index is 0.0541. The van der Waals surface area contributed by atoms with E-state index < -0.39 is 0 Å². The maximum Gasteiger partial charge on any atom is 0.196 e. The van der Waals surface area contributed by atoms with Crippen molar-refractivity contribution in [3.05, 3.63) is 76.1 Å². The van der Waals surface area contributed by atoms with Gasteiger partial charge in [0, 0.05) is 24.2 Å². The first-order chi connectivity index (χ1) is 10.7. The third-order valence-corrected chi connectivity index (χ3v) is 3.69. The topological polar surface area (TPSA) is 31.2 Å². The van der Waals surface area contributed by atoms with Crippen LogP contribution in [0, 0.1) is 0 Å². The van der Waals surface area contributed by atoms with Crippen molar-refractivity contribution in [2.45, 2.75) is 0 Å². The van der Waals surface area contributed by atoms with Crippen molar-refractivity contribution < 1.29 is 4.74 Å². The van der Waals surface area contributed by atoms with Crippen LogP contribution in [0.25, 0.3) is 23.1 Å². The highest BCUT2D eigenvalue weighted by Gasteiger charge is 2.04. The molecule has 0 bridgehead atoms. The molecule has 0 atom stereocenters. The van der Waals surface area contributed by atoms with Gasteiger partial charge < -0.3 is 9.30 Å². The Labute approximate surface area is 129 Å². The lowest BCUT2D eigenvalue weighted by atomic mass is 10.1. The molecule has 110 valence electrons. The first kappa shape index (κ1) is 14.1. The Morgan fingerprint density at radius 3 is 2.45 bits per heavy atom. The second-order valence-corrected chi connectivity index (χ2v) is 5.15. The summed E-state index contributed by atoms with van der Waals surface area (Å²) in [6, 6.07) is 15.4. The van der Waals surface area contributed by atoms with Crippen LogP contribution < -0.4 is 10.2 Å². The molecular formula is C19H17NO2. The number of fused-ring (bicyclic) bond motifs is 1. The number of benzene rings is 2. The summed E-state index contributed by atoms with van der Waals surface area (Å²) in [6.45, 7) is 0. The standard InChI is InChI=1S/C19H17NO2/c1-20-13-15(19(21)17-5-3-4-6-18(17)20)10-7-14-8-11-16(22-2)12-9-14/h3-13H,1-2H3/b10-7+. The highest BCUT2D eigenvalue weighted by molar-refractivity contribution is 5.82. The second kappa shape index (κ2) is 5.90. The third-order valence-electron chi connectivity index (χ3n) is 3.69. The Morgan fingerprint density at radius 1 is 1.00 bits per heavy atom. The lowest BCUT2D eigenvalue weighted by molar-refractivity contribution is 0.415. The van der Waals surface area contributed by atoms with Gasteiger partial charge in [-0.3, -0.25) is 4.79 Å². The molecule has 1 heterocycles. The smallest absolute Gasteiger partial charge is 0.196 e. The van der Waals surface area contributed by atoms with Crippen molar-refractivity contribution in [1.82, 2.24) is 4.57 Å². The van der Waals surface area contributed by atoms with Gasteiger partial charge in [0.1, 0.15) is 5.75 Å². The second-order valence-electron chi connectivity index (χ2n) is 5.15. The summed E-state index contributed by atoms with van der Waals surface area (Å²) in [5.74, 6) is 0.818. The van der Waals surface area contributed by atoms with Crippen molar-refractivity contribution in [3.8, 4) is 5.75 Å². The van der Waals surface area contributed by atoms with Crippen molar-refractivity contribution >= 4 is 23.1 Å². The van der Waals surface area contributed by atoms with E-state index in [1.807, 2.05) is 78.5 Å². The molecule has 0 aliphatic heterocycles. The Bertz CT molecular complexity index is 889. The van der Waals surface area contributed by atoms with Gasteiger partial charge in [-0.1, -0.05) is 30.3 Å². The van der Waals surface area contributed by atoms with Crippen LogP contribution in [-0.4, -0.2) is 11.7 Å². The predicted molar refractivity (Wildman–Crippen MR) is 91.1 cm³/mol. The van der Waals surface area contributed by atoms with Crippen LogP contribution in [0.1, 0.15) is 11.1 Å². The van der Waals surface area contributed by atoms with Crippen molar-refractivity contribution in [2.24, 2.45) is 7.05 Å². The van der Waals surface area contributed by atoms with Gasteiger partial charge in [-0.2, -0.15) is 0 Å². The number of rotatable bonds is 3. The van der Waals surface area contributed by atoms with Gasteiger partial charge in [0.2, 0.25) is 0 Å². The van der Waals surface area contributed by atoms with Gasteiger partial charge in [0.15, 0.2) is 5.43 Å². The number of hydrogen-bond acceptors (Lipinski definition) is 2. The fourth-order valence-electron chi connectivity index (χ4n) is 2.49. The molecule has 0 unspecified atom stereocenters. The quantitative estimate of drug-likeness (QED) is 0.736. The molecule has 3 rings (SSSR count). The van der Waals surface area contributed by atoms with Gasteiger partial charge in [-0.05, 0) is 35.9 Å². The molecule has 22 heavy (non-hydrogen) atoms. The Morgan fingerprint density at radius 2 is 1.73 bits per heavy atom. The number of pyridine rings is 1. The summed E-state index contributed by atoms with van der Waals surface area (Å²) >= 11 is 0. The maximum atomic E-state index is 12.5. The largest absolute Gasteiger partial charge is 0.497 e. The molecule has 0 spiro atoms. The van der Waals surface area contributed by atoms with E-state index in [1.54, 1.807) is 7.11 Å². The number of ether oxygens (including phenoxy) is 1. The molecule has 0 aliphatic rings. The van der Waals surface area contributed by atoms with E-state index >= 15 is 0 Å². The van der Waals surface area contributed by atoms with Gasteiger partial charge >= 0.3 is 0 Å². The fraction of sp³-hybridized carbons (Fsp3) is 0.105. The first-order valence-electron chi connectivity index (χ1n) is 7.09. The van der Waals surface area contributed by atoms with Crippen molar-refractivity contribution in [3.63, 3.8) is 0 Å². The van der Waals surface area contributed by atoms with Gasteiger partial charge in [0.05, 0.1) is 12.6 Å². The zero-order chi connectivity index (χ0) is 15.5. The van der Waals surface area contributed by atoms with E-state index in [0.29, 0.717) is 5.56 Å². The molecule has 0 saturated carbocycles. The Balaban J connectivity index is 2.01. The molecule has 1 aromatic heterocycles. The lowest BCUT2D eigenvalue weighted by Gasteiger charge is -2.06. The van der Waals surface area contributed by atoms with E-state index in [0.717, 1.165) is 22.2 Å². The maximum absolute atomic E-state index is 12.5. The highest BCUT2D eigenvalue weighted by atomic mass is 16.5. The molecule has 0 amide bonds. The summed E-state index contributed by atoms with van der Waals surface area (Å²) in [7, 11) is 3.59. The summed E-state index contributed by atoms with van der Waals surface area (Å²) in [6.07, 6.45) is 5.66. The number of aryl methyl sites for hydroxylation is 1. The highest BCUT2D eigenvalue weighted by Crippen LogP contribution is 2.15. The van der Waals surface area contributed by atoms with Crippen LogP contribution in [0.2, 0.25) is 0 Å². The van der Waals surface area contributed by atoms with E-state index in [4.69, 9.17) is 4.74 Å². The summed E-state index contributed by atoms with van der Waals surface area (Å²) < 4.78 is 7.11. The SMILES string of the molecule is COc1ccc(/C=C/c2cn(C)c3ccccc3c2=O)cc1. The summed E-state index contributed by atoms with van der Waals surface area (Å²) in [5.41, 5.74) is 2.69. The molecule has 0 fully saturated rings. The predicted octanol–water partition coefficient (Wildman–Crippen LogP) is 3.72. The van der Waals surface area contributed by atoms with Crippen LogP contribution in [0.4, 0.5) is 0 Å². The van der Waals surface area contributed by atoms with Crippen molar-refractivity contribution in [2.75, 3.05) is 7.11 Å². The number of methoxy groups -OCH3 is 1. The molecule has 3 aromatic rings. The average Bonchev–Trinajstić information content (AvgIpc) is 2.57. The van der Waals surface area contributed by atoms with Crippen LogP contribution in [0.15, 0.2) is 59.5 Å². The first-order valence-corrected chi connectivity index (χ1v) is 7.09. The third kappa shape index (κ3) is 2.66. The fourth-order valence-corrected chi connectivity index (χ4v) is 2.49. The molecule has 0 N–H and O–H groups in total. The Hall–Kier alpha value is -2.81. The zero-order valence-electron chi connectivity index (χ0n) is 12.6. The van der Waals surface area contributed by atoms with Crippen LogP contribution in [0.3, 0.4) is 0 Å². The number of nitrogens with zero attached hydrogens (tertiary/aromatic N) is 1. The van der Waals surface area contributed by atoms with E-state index in [2.05, 4.69) is 0 Å². The van der Waals surface area contributed by atoms with Gasteiger partial charge in [0.25, 0.3) is 0 Å². The van der Waals surface area contributed by atoms with Crippen LogP contribution in [0.5, 0.6) is 5.75 Å². The summed E-state index contributed by atoms with van der Waals surface area (Å²) in [4.78, 5) is 12.5. The van der Waals surface area contributed by atoms with Crippen LogP contribution in [-0.2, 0) is 7.05 Å². The van der Waals surface area contributed by atoms with E-state index in [-0.39, 0.29) is 5.43 Å². The Kier molecular flexibility index (Phi) is 3.79. The minimum Gasteiger partial charge on any atom is -0.497 e. The van der Waals surface area contributed by atoms with E-state index in [9.17, 15) is 4.79 Å². The van der Waals surface area contributed by atoms with Crippen LogP contribution >= 0.6 is 0 Å². The molecule has 0 radical (unpaired) electrons. The average molecular weight is 291 g/mol. The number of aromatic nitrogens is 1. The molecular weight excluding hydrogens is 274 g/mol. The zero-order valence-corrected chi connectivity index (χ0v) is 12.6. The normalized spacial score (nSPS) is 11.2. The molecule has 0 saturated heterocycles. The molecule has 3 heteroatoms. The monoisotopic (exact) mass is 291 g/mol.